The zero-order valence-corrected chi connectivity index (χ0v) is 12.9. The zero-order chi connectivity index (χ0) is 16.4. The van der Waals surface area contributed by atoms with Gasteiger partial charge in [-0.2, -0.15) is 0 Å². The zero-order valence-electron chi connectivity index (χ0n) is 12.9. The molecule has 0 aliphatic heterocycles. The van der Waals surface area contributed by atoms with Gasteiger partial charge in [0.2, 0.25) is 6.29 Å². The minimum atomic E-state index is -1.18. The van der Waals surface area contributed by atoms with Crippen molar-refractivity contribution in [1.82, 2.24) is 0 Å². The molecular weight excluding hydrogens is 272 g/mol. The summed E-state index contributed by atoms with van der Waals surface area (Å²) in [5.41, 5.74) is 0.436. The van der Waals surface area contributed by atoms with E-state index in [1.807, 2.05) is 6.92 Å². The molecule has 0 fully saturated rings. The number of carbonyl (C=O) groups is 2. The average Bonchev–Trinajstić information content (AvgIpc) is 2.41. The molecule has 0 radical (unpaired) electrons. The summed E-state index contributed by atoms with van der Waals surface area (Å²) in [6.45, 7) is 10.6. The van der Waals surface area contributed by atoms with Gasteiger partial charge in [-0.3, -0.25) is 0 Å². The third-order valence-corrected chi connectivity index (χ3v) is 3.27. The fourth-order valence-electron chi connectivity index (χ4n) is 1.94. The van der Waals surface area contributed by atoms with E-state index in [4.69, 9.17) is 9.84 Å². The highest BCUT2D eigenvalue weighted by atomic mass is 16.6. The summed E-state index contributed by atoms with van der Waals surface area (Å²) < 4.78 is 4.76. The topological polar surface area (TPSA) is 83.8 Å². The lowest BCUT2D eigenvalue weighted by Gasteiger charge is -2.18. The summed E-state index contributed by atoms with van der Waals surface area (Å²) >= 11 is 0. The minimum Gasteiger partial charge on any atom is -0.478 e. The number of carbonyl (C=O) groups excluding carboxylic acids is 1. The lowest BCUT2D eigenvalue weighted by Crippen LogP contribution is -2.19. The number of carboxylic acids is 1. The second-order valence-corrected chi connectivity index (χ2v) is 5.24. The van der Waals surface area contributed by atoms with Crippen molar-refractivity contribution < 1.29 is 24.5 Å². The van der Waals surface area contributed by atoms with Crippen LogP contribution in [0.4, 0.5) is 0 Å². The quantitative estimate of drug-likeness (QED) is 0.348. The SMILES string of the molecule is C=C(C)C(=O)OC(O)CCCC(CCCC)C(=C)C(=O)O. The van der Waals surface area contributed by atoms with Crippen molar-refractivity contribution in [2.45, 2.75) is 58.7 Å². The molecule has 5 nitrogen and oxygen atoms in total. The summed E-state index contributed by atoms with van der Waals surface area (Å²) in [5.74, 6) is -1.71. The summed E-state index contributed by atoms with van der Waals surface area (Å²) in [7, 11) is 0. The van der Waals surface area contributed by atoms with E-state index in [0.717, 1.165) is 19.3 Å². The molecule has 0 saturated heterocycles. The largest absolute Gasteiger partial charge is 0.478 e. The van der Waals surface area contributed by atoms with Gasteiger partial charge in [0.05, 0.1) is 0 Å². The van der Waals surface area contributed by atoms with E-state index >= 15 is 0 Å². The maximum atomic E-state index is 11.2. The molecule has 0 amide bonds. The number of aliphatic hydroxyl groups excluding tert-OH is 1. The third kappa shape index (κ3) is 8.30. The number of hydrogen-bond acceptors (Lipinski definition) is 4. The van der Waals surface area contributed by atoms with Gasteiger partial charge in [-0.05, 0) is 32.1 Å². The van der Waals surface area contributed by atoms with E-state index in [2.05, 4.69) is 13.2 Å². The van der Waals surface area contributed by atoms with E-state index < -0.39 is 18.2 Å². The van der Waals surface area contributed by atoms with Crippen molar-refractivity contribution in [1.29, 1.82) is 0 Å². The first-order valence-electron chi connectivity index (χ1n) is 7.26. The molecule has 0 aliphatic carbocycles. The summed E-state index contributed by atoms with van der Waals surface area (Å²) in [4.78, 5) is 22.2. The second kappa shape index (κ2) is 10.2. The molecule has 21 heavy (non-hydrogen) atoms. The molecule has 0 aromatic carbocycles. The van der Waals surface area contributed by atoms with Gasteiger partial charge in [-0.1, -0.05) is 32.9 Å². The Balaban J connectivity index is 4.23. The fourth-order valence-corrected chi connectivity index (χ4v) is 1.94. The van der Waals surface area contributed by atoms with Crippen LogP contribution < -0.4 is 0 Å². The first-order valence-corrected chi connectivity index (χ1v) is 7.26. The van der Waals surface area contributed by atoms with Gasteiger partial charge >= 0.3 is 11.9 Å². The van der Waals surface area contributed by atoms with Crippen LogP contribution >= 0.6 is 0 Å². The van der Waals surface area contributed by atoms with Gasteiger partial charge in [0, 0.05) is 17.6 Å². The number of unbranched alkanes of at least 4 members (excludes halogenated alkanes) is 1. The Kier molecular flexibility index (Phi) is 9.37. The number of carboxylic acid groups (broad SMARTS) is 1. The Labute approximate surface area is 126 Å². The molecular formula is C16H26O5. The van der Waals surface area contributed by atoms with Crippen molar-refractivity contribution in [3.05, 3.63) is 24.3 Å². The van der Waals surface area contributed by atoms with Gasteiger partial charge in [0.15, 0.2) is 0 Å². The van der Waals surface area contributed by atoms with E-state index in [9.17, 15) is 14.7 Å². The van der Waals surface area contributed by atoms with Gasteiger partial charge < -0.3 is 14.9 Å². The lowest BCUT2D eigenvalue weighted by molar-refractivity contribution is -0.163. The molecule has 0 bridgehead atoms. The molecule has 2 N–H and O–H groups in total. The van der Waals surface area contributed by atoms with Crippen LogP contribution in [0.2, 0.25) is 0 Å². The molecule has 0 aliphatic rings. The maximum absolute atomic E-state index is 11.2. The van der Waals surface area contributed by atoms with Crippen molar-refractivity contribution in [3.8, 4) is 0 Å². The smallest absolute Gasteiger partial charge is 0.335 e. The standard InChI is InChI=1S/C16H26O5/c1-5-6-8-13(12(4)15(18)19)9-7-10-14(17)21-16(20)11(2)3/h13-14,17H,2,4-10H2,1,3H3,(H,18,19). The van der Waals surface area contributed by atoms with E-state index in [-0.39, 0.29) is 23.5 Å². The average molecular weight is 298 g/mol. The molecule has 0 saturated carbocycles. The van der Waals surface area contributed by atoms with Crippen molar-refractivity contribution in [2.75, 3.05) is 0 Å². The van der Waals surface area contributed by atoms with Crippen LogP contribution in [0, 0.1) is 5.92 Å². The number of aliphatic carboxylic acids is 1. The van der Waals surface area contributed by atoms with Crippen molar-refractivity contribution in [3.63, 3.8) is 0 Å². The molecule has 0 rings (SSSR count). The molecule has 0 aromatic heterocycles. The second-order valence-electron chi connectivity index (χ2n) is 5.24. The van der Waals surface area contributed by atoms with Crippen LogP contribution in [0.15, 0.2) is 24.3 Å². The van der Waals surface area contributed by atoms with Crippen LogP contribution in [0.5, 0.6) is 0 Å². The first kappa shape index (κ1) is 19.4. The number of esters is 1. The van der Waals surface area contributed by atoms with Crippen LogP contribution in [0.25, 0.3) is 0 Å². The van der Waals surface area contributed by atoms with Crippen LogP contribution in [-0.4, -0.2) is 28.4 Å². The monoisotopic (exact) mass is 298 g/mol. The number of aliphatic hydroxyl groups is 1. The van der Waals surface area contributed by atoms with E-state index in [1.165, 1.54) is 6.92 Å². The Hall–Kier alpha value is -1.62. The van der Waals surface area contributed by atoms with E-state index in [1.54, 1.807) is 0 Å². The molecule has 120 valence electrons. The van der Waals surface area contributed by atoms with Crippen molar-refractivity contribution >= 4 is 11.9 Å². The fraction of sp³-hybridized carbons (Fsp3) is 0.625. The molecule has 2 unspecified atom stereocenters. The number of hydrogen-bond donors (Lipinski definition) is 2. The van der Waals surface area contributed by atoms with Gasteiger partial charge in [-0.15, -0.1) is 0 Å². The highest BCUT2D eigenvalue weighted by molar-refractivity contribution is 5.87. The highest BCUT2D eigenvalue weighted by Crippen LogP contribution is 2.24. The Bertz CT molecular complexity index is 386. The normalized spacial score (nSPS) is 13.3. The minimum absolute atomic E-state index is 0.105. The first-order chi connectivity index (χ1) is 9.79. The van der Waals surface area contributed by atoms with E-state index in [0.29, 0.717) is 12.8 Å². The molecule has 5 heteroatoms. The van der Waals surface area contributed by atoms with Gasteiger partial charge in [-0.25, -0.2) is 9.59 Å². The summed E-state index contributed by atoms with van der Waals surface area (Å²) in [6, 6.07) is 0. The highest BCUT2D eigenvalue weighted by Gasteiger charge is 2.19. The third-order valence-electron chi connectivity index (χ3n) is 3.27. The van der Waals surface area contributed by atoms with Crippen molar-refractivity contribution in [2.24, 2.45) is 5.92 Å². The summed E-state index contributed by atoms with van der Waals surface area (Å²) in [5, 5.41) is 18.6. The molecule has 0 aromatic rings. The Morgan fingerprint density at radius 2 is 1.71 bits per heavy atom. The predicted octanol–water partition coefficient (Wildman–Crippen LogP) is 3.04. The van der Waals surface area contributed by atoms with Gasteiger partial charge in [0.1, 0.15) is 0 Å². The Morgan fingerprint density at radius 1 is 1.14 bits per heavy atom. The van der Waals surface area contributed by atoms with Crippen LogP contribution in [0.3, 0.4) is 0 Å². The predicted molar refractivity (Wildman–Crippen MR) is 80.6 cm³/mol. The van der Waals surface area contributed by atoms with Gasteiger partial charge in [0.25, 0.3) is 0 Å². The molecule has 0 heterocycles. The molecule has 2 atom stereocenters. The number of ether oxygens (including phenoxy) is 1. The van der Waals surface area contributed by atoms with Crippen LogP contribution in [-0.2, 0) is 14.3 Å². The maximum Gasteiger partial charge on any atom is 0.335 e. The number of rotatable bonds is 11. The lowest BCUT2D eigenvalue weighted by atomic mass is 9.89. The van der Waals surface area contributed by atoms with Crippen LogP contribution in [0.1, 0.15) is 52.4 Å². The Morgan fingerprint density at radius 3 is 2.19 bits per heavy atom. The summed E-state index contributed by atoms with van der Waals surface area (Å²) in [6.07, 6.45) is 2.95. The molecule has 0 spiro atoms.